The molecule has 6 rings (SSSR count). The molecule has 1 spiro atoms. The third-order valence-corrected chi connectivity index (χ3v) is 10.1. The first-order valence-corrected chi connectivity index (χ1v) is 12.3. The number of epoxide rings is 1. The molecule has 4 fully saturated rings. The minimum atomic E-state index is -1.48. The van der Waals surface area contributed by atoms with Crippen LogP contribution < -0.4 is 0 Å². The van der Waals surface area contributed by atoms with Crippen LogP contribution in [0.1, 0.15) is 47.5 Å². The van der Waals surface area contributed by atoms with E-state index in [4.69, 9.17) is 18.9 Å². The van der Waals surface area contributed by atoms with E-state index < -0.39 is 81.8 Å². The molecule has 10 nitrogen and oxygen atoms in total. The van der Waals surface area contributed by atoms with Gasteiger partial charge in [-0.2, -0.15) is 0 Å². The van der Waals surface area contributed by atoms with Crippen molar-refractivity contribution in [1.82, 2.24) is 0 Å². The average molecular weight is 503 g/mol. The van der Waals surface area contributed by atoms with Gasteiger partial charge >= 0.3 is 17.9 Å². The van der Waals surface area contributed by atoms with Gasteiger partial charge in [0.15, 0.2) is 6.10 Å². The topological polar surface area (TPSA) is 149 Å². The predicted octanol–water partition coefficient (Wildman–Crippen LogP) is 0.731. The van der Waals surface area contributed by atoms with Crippen LogP contribution in [0.25, 0.3) is 0 Å². The second kappa shape index (κ2) is 6.65. The predicted molar refractivity (Wildman–Crippen MR) is 119 cm³/mol. The minimum Gasteiger partial charge on any atom is -0.456 e. The van der Waals surface area contributed by atoms with Crippen molar-refractivity contribution in [3.05, 3.63) is 23.8 Å². The first-order chi connectivity index (χ1) is 16.6. The highest BCUT2D eigenvalue weighted by Gasteiger charge is 2.89. The van der Waals surface area contributed by atoms with E-state index in [-0.39, 0.29) is 24.2 Å². The molecule has 10 atom stereocenters. The summed E-state index contributed by atoms with van der Waals surface area (Å²) in [7, 11) is 0. The number of ketones is 1. The SMILES string of the molecule is CC1(C)OC(=O)C=C[C@]2(C)[C@H]3[C@@H](O)C[C@@]4(C)[C@H](C5=CC(O)OC5=O)OC(=O)[C@H]5O[C@]54[C@]3(C)C(=O)C[C@@H]12. The molecule has 6 aliphatic rings. The van der Waals surface area contributed by atoms with E-state index in [2.05, 4.69) is 0 Å². The van der Waals surface area contributed by atoms with Gasteiger partial charge in [0.2, 0.25) is 6.29 Å². The molecule has 10 heteroatoms. The summed E-state index contributed by atoms with van der Waals surface area (Å²) in [5.74, 6) is -3.42. The van der Waals surface area contributed by atoms with Crippen LogP contribution in [0.4, 0.5) is 0 Å². The Morgan fingerprint density at radius 1 is 0.972 bits per heavy atom. The lowest BCUT2D eigenvalue weighted by Gasteiger charge is -2.66. The maximum Gasteiger partial charge on any atom is 0.340 e. The van der Waals surface area contributed by atoms with Crippen LogP contribution in [0.15, 0.2) is 23.8 Å². The fourth-order valence-corrected chi connectivity index (χ4v) is 8.83. The van der Waals surface area contributed by atoms with Crippen LogP contribution in [0.2, 0.25) is 0 Å². The van der Waals surface area contributed by atoms with Gasteiger partial charge in [0.05, 0.1) is 17.1 Å². The fraction of sp³-hybridized carbons (Fsp3) is 0.692. The Hall–Kier alpha value is -2.56. The van der Waals surface area contributed by atoms with Gasteiger partial charge in [0.1, 0.15) is 23.1 Å². The Morgan fingerprint density at radius 2 is 1.67 bits per heavy atom. The smallest absolute Gasteiger partial charge is 0.340 e. The normalized spacial score (nSPS) is 52.5. The van der Waals surface area contributed by atoms with Gasteiger partial charge in [-0.3, -0.25) is 4.79 Å². The third-order valence-electron chi connectivity index (χ3n) is 10.1. The summed E-state index contributed by atoms with van der Waals surface area (Å²) in [6, 6.07) is 0. The van der Waals surface area contributed by atoms with Crippen LogP contribution in [0, 0.1) is 28.1 Å². The standard InChI is InChI=1S/C26H30O10/c1-22(2)13-9-14(28)25(5)17(23(13,3)7-6-15(29)35-22)12(27)10-24(4)18(11-8-16(30)33-20(11)31)34-21(32)19-26(24,25)36-19/h6-8,12-13,16-19,27,30H,9-10H2,1-5H3/t12-,13-,16?,17+,18-,19+,23-,24-,25+,26+/m0/s1. The molecule has 0 radical (unpaired) electrons. The van der Waals surface area contributed by atoms with Gasteiger partial charge < -0.3 is 29.2 Å². The molecule has 0 aromatic rings. The largest absolute Gasteiger partial charge is 0.456 e. The number of aliphatic hydroxyl groups excluding tert-OH is 2. The zero-order chi connectivity index (χ0) is 26.2. The van der Waals surface area contributed by atoms with Gasteiger partial charge in [0, 0.05) is 29.7 Å². The Bertz CT molecular complexity index is 1190. The first kappa shape index (κ1) is 23.8. The van der Waals surface area contributed by atoms with Crippen LogP contribution in [-0.4, -0.2) is 69.7 Å². The highest BCUT2D eigenvalue weighted by atomic mass is 16.7. The van der Waals surface area contributed by atoms with E-state index in [1.165, 1.54) is 12.2 Å². The van der Waals surface area contributed by atoms with Gasteiger partial charge in [0.25, 0.3) is 0 Å². The second-order valence-corrected chi connectivity index (χ2v) is 12.2. The van der Waals surface area contributed by atoms with Crippen molar-refractivity contribution in [2.75, 3.05) is 0 Å². The van der Waals surface area contributed by atoms with Gasteiger partial charge in [-0.25, -0.2) is 14.4 Å². The Balaban J connectivity index is 1.55. The molecule has 0 amide bonds. The average Bonchev–Trinajstić information content (AvgIpc) is 3.47. The monoisotopic (exact) mass is 502 g/mol. The van der Waals surface area contributed by atoms with Crippen molar-refractivity contribution in [1.29, 1.82) is 0 Å². The van der Waals surface area contributed by atoms with E-state index in [0.717, 1.165) is 0 Å². The lowest BCUT2D eigenvalue weighted by Crippen LogP contribution is -2.75. The van der Waals surface area contributed by atoms with Crippen molar-refractivity contribution < 1.29 is 48.3 Å². The molecule has 0 aromatic carbocycles. The molecule has 1 unspecified atom stereocenters. The molecule has 2 aliphatic carbocycles. The highest BCUT2D eigenvalue weighted by Crippen LogP contribution is 2.77. The summed E-state index contributed by atoms with van der Waals surface area (Å²) < 4.78 is 22.4. The molecule has 2 saturated heterocycles. The van der Waals surface area contributed by atoms with Crippen LogP contribution >= 0.6 is 0 Å². The summed E-state index contributed by atoms with van der Waals surface area (Å²) in [4.78, 5) is 52.3. The lowest BCUT2D eigenvalue weighted by molar-refractivity contribution is -0.234. The van der Waals surface area contributed by atoms with Crippen molar-refractivity contribution in [2.45, 2.75) is 83.3 Å². The number of allylic oxidation sites excluding steroid dienone is 1. The van der Waals surface area contributed by atoms with E-state index in [1.54, 1.807) is 33.8 Å². The number of carbonyl (C=O) groups excluding carboxylic acids is 4. The van der Waals surface area contributed by atoms with E-state index >= 15 is 0 Å². The molecule has 194 valence electrons. The van der Waals surface area contributed by atoms with Crippen molar-refractivity contribution >= 4 is 23.7 Å². The number of Topliss-reactive ketones (excluding diaryl/α,β-unsaturated/α-hetero) is 1. The number of ether oxygens (including phenoxy) is 4. The van der Waals surface area contributed by atoms with Crippen LogP contribution in [0.3, 0.4) is 0 Å². The van der Waals surface area contributed by atoms with E-state index in [0.29, 0.717) is 0 Å². The molecule has 4 aliphatic heterocycles. The summed E-state index contributed by atoms with van der Waals surface area (Å²) in [6.45, 7) is 8.92. The summed E-state index contributed by atoms with van der Waals surface area (Å²) >= 11 is 0. The number of hydrogen-bond donors (Lipinski definition) is 2. The molecule has 2 saturated carbocycles. The summed E-state index contributed by atoms with van der Waals surface area (Å²) in [6.07, 6.45) is -0.455. The quantitative estimate of drug-likeness (QED) is 0.299. The third kappa shape index (κ3) is 2.48. The number of esters is 3. The summed E-state index contributed by atoms with van der Waals surface area (Å²) in [5.41, 5.74) is -5.79. The van der Waals surface area contributed by atoms with Crippen molar-refractivity contribution in [2.24, 2.45) is 28.1 Å². The first-order valence-electron chi connectivity index (χ1n) is 12.3. The zero-order valence-corrected chi connectivity index (χ0v) is 20.8. The number of fused-ring (bicyclic) bond motifs is 3. The minimum absolute atomic E-state index is 0.0391. The molecule has 0 bridgehead atoms. The Morgan fingerprint density at radius 3 is 2.31 bits per heavy atom. The molecule has 0 aromatic heterocycles. The molecule has 36 heavy (non-hydrogen) atoms. The molecular weight excluding hydrogens is 472 g/mol. The number of carbonyl (C=O) groups is 4. The van der Waals surface area contributed by atoms with Crippen LogP contribution in [-0.2, 0) is 38.1 Å². The van der Waals surface area contributed by atoms with Crippen molar-refractivity contribution in [3.63, 3.8) is 0 Å². The Labute approximate surface area is 207 Å². The second-order valence-electron chi connectivity index (χ2n) is 12.2. The van der Waals surface area contributed by atoms with Crippen molar-refractivity contribution in [3.8, 4) is 0 Å². The summed E-state index contributed by atoms with van der Waals surface area (Å²) in [5, 5.41) is 21.7. The Kier molecular flexibility index (Phi) is 4.40. The van der Waals surface area contributed by atoms with Gasteiger partial charge in [-0.15, -0.1) is 0 Å². The maximum atomic E-state index is 14.2. The maximum absolute atomic E-state index is 14.2. The molecular formula is C26H30O10. The highest BCUT2D eigenvalue weighted by molar-refractivity contribution is 5.96. The zero-order valence-electron chi connectivity index (χ0n) is 20.8. The van der Waals surface area contributed by atoms with Gasteiger partial charge in [-0.05, 0) is 38.7 Å². The fourth-order valence-electron chi connectivity index (χ4n) is 8.83. The lowest BCUT2D eigenvalue weighted by atomic mass is 9.37. The molecule has 2 N–H and O–H groups in total. The number of aliphatic hydroxyl groups is 2. The van der Waals surface area contributed by atoms with Gasteiger partial charge in [-0.1, -0.05) is 19.9 Å². The van der Waals surface area contributed by atoms with E-state index in [9.17, 15) is 29.4 Å². The number of hydrogen-bond acceptors (Lipinski definition) is 10. The molecule has 4 heterocycles. The van der Waals surface area contributed by atoms with E-state index in [1.807, 2.05) is 6.92 Å². The number of cyclic esters (lactones) is 3. The van der Waals surface area contributed by atoms with Crippen LogP contribution in [0.5, 0.6) is 0 Å². The number of rotatable bonds is 1.